The minimum absolute atomic E-state index is 0.0720. The molecule has 0 aliphatic rings. The van der Waals surface area contributed by atoms with E-state index in [0.717, 1.165) is 6.42 Å². The van der Waals surface area contributed by atoms with E-state index in [2.05, 4.69) is 4.84 Å². The third-order valence-electron chi connectivity index (χ3n) is 1.44. The van der Waals surface area contributed by atoms with Crippen molar-refractivity contribution in [2.45, 2.75) is 32.2 Å². The lowest BCUT2D eigenvalue weighted by atomic mass is 10.1. The third-order valence-corrected chi connectivity index (χ3v) is 1.44. The molecule has 0 aliphatic carbocycles. The van der Waals surface area contributed by atoms with Crippen molar-refractivity contribution in [2.75, 3.05) is 6.61 Å². The first-order valence-electron chi connectivity index (χ1n) is 4.40. The van der Waals surface area contributed by atoms with Crippen molar-refractivity contribution in [3.63, 3.8) is 0 Å². The first-order chi connectivity index (χ1) is 6.52. The van der Waals surface area contributed by atoms with Crippen LogP contribution < -0.4 is 11.2 Å². The number of carbonyl (C=O) groups excluding carboxylic acids is 1. The molecule has 0 radical (unpaired) electrons. The molecule has 0 bridgehead atoms. The van der Waals surface area contributed by atoms with Crippen molar-refractivity contribution in [1.82, 2.24) is 5.48 Å². The number of nitrogens with two attached hydrogens (primary N) is 1. The van der Waals surface area contributed by atoms with Gasteiger partial charge in [0.2, 0.25) is 5.91 Å². The highest BCUT2D eigenvalue weighted by Crippen LogP contribution is 1.97. The van der Waals surface area contributed by atoms with E-state index in [1.165, 1.54) is 0 Å². The molecule has 0 fully saturated rings. The van der Waals surface area contributed by atoms with Gasteiger partial charge in [-0.05, 0) is 19.8 Å². The molecule has 1 unspecified atom stereocenters. The Kier molecular flexibility index (Phi) is 6.69. The maximum atomic E-state index is 10.9. The number of carboxylic acid groups (broad SMARTS) is 1. The number of hydroxylamine groups is 1. The van der Waals surface area contributed by atoms with Crippen molar-refractivity contribution < 1.29 is 19.5 Å². The second-order valence-corrected chi connectivity index (χ2v) is 3.08. The van der Waals surface area contributed by atoms with Crippen molar-refractivity contribution >= 4 is 11.9 Å². The summed E-state index contributed by atoms with van der Waals surface area (Å²) < 4.78 is 0. The van der Waals surface area contributed by atoms with E-state index < -0.39 is 12.6 Å². The maximum Gasteiger partial charge on any atom is 0.332 e. The fraction of sp³-hybridized carbons (Fsp3) is 0.750. The van der Waals surface area contributed by atoms with Gasteiger partial charge in [0.1, 0.15) is 0 Å². The SMILES string of the molecule is CC(N)CCCC(=O)NOCC(=O)O. The minimum Gasteiger partial charge on any atom is -0.479 e. The summed E-state index contributed by atoms with van der Waals surface area (Å²) in [5, 5.41) is 8.18. The van der Waals surface area contributed by atoms with Crippen molar-refractivity contribution in [3.05, 3.63) is 0 Å². The molecule has 1 atom stereocenters. The van der Waals surface area contributed by atoms with Crippen LogP contribution in [0.4, 0.5) is 0 Å². The summed E-state index contributed by atoms with van der Waals surface area (Å²) in [6, 6.07) is 0.0720. The monoisotopic (exact) mass is 204 g/mol. The van der Waals surface area contributed by atoms with Gasteiger partial charge in [0.05, 0.1) is 0 Å². The molecule has 0 saturated heterocycles. The van der Waals surface area contributed by atoms with Gasteiger partial charge in [0.25, 0.3) is 0 Å². The number of aliphatic carboxylic acids is 1. The van der Waals surface area contributed by atoms with Crippen molar-refractivity contribution in [1.29, 1.82) is 0 Å². The minimum atomic E-state index is -1.12. The van der Waals surface area contributed by atoms with E-state index in [9.17, 15) is 9.59 Å². The molecule has 1 amide bonds. The second-order valence-electron chi connectivity index (χ2n) is 3.08. The summed E-state index contributed by atoms with van der Waals surface area (Å²) >= 11 is 0. The molecule has 0 aromatic heterocycles. The van der Waals surface area contributed by atoms with Crippen LogP contribution in [0.5, 0.6) is 0 Å². The van der Waals surface area contributed by atoms with Gasteiger partial charge in [-0.3, -0.25) is 9.63 Å². The number of carboxylic acids is 1. The Morgan fingerprint density at radius 1 is 1.57 bits per heavy atom. The van der Waals surface area contributed by atoms with E-state index in [1.54, 1.807) is 0 Å². The van der Waals surface area contributed by atoms with Crippen LogP contribution >= 0.6 is 0 Å². The molecule has 0 heterocycles. The first-order valence-corrected chi connectivity index (χ1v) is 4.40. The van der Waals surface area contributed by atoms with Gasteiger partial charge < -0.3 is 10.8 Å². The van der Waals surface area contributed by atoms with Crippen LogP contribution in [0.15, 0.2) is 0 Å². The van der Waals surface area contributed by atoms with Gasteiger partial charge >= 0.3 is 5.97 Å². The number of nitrogens with one attached hydrogen (secondary N) is 1. The van der Waals surface area contributed by atoms with Gasteiger partial charge in [0.15, 0.2) is 6.61 Å². The average molecular weight is 204 g/mol. The zero-order chi connectivity index (χ0) is 11.0. The highest BCUT2D eigenvalue weighted by molar-refractivity contribution is 5.75. The van der Waals surface area contributed by atoms with Gasteiger partial charge in [-0.2, -0.15) is 0 Å². The van der Waals surface area contributed by atoms with Crippen LogP contribution in [-0.4, -0.2) is 29.6 Å². The lowest BCUT2D eigenvalue weighted by molar-refractivity contribution is -0.149. The summed E-state index contributed by atoms with van der Waals surface area (Å²) in [6.07, 6.45) is 1.72. The predicted octanol–water partition coefficient (Wildman–Crippen LogP) is -0.364. The average Bonchev–Trinajstić information content (AvgIpc) is 2.02. The van der Waals surface area contributed by atoms with E-state index in [1.807, 2.05) is 12.4 Å². The standard InChI is InChI=1S/C8H16N2O4/c1-6(9)3-2-4-7(11)10-14-5-8(12)13/h6H,2-5,9H2,1H3,(H,10,11)(H,12,13). The predicted molar refractivity (Wildman–Crippen MR) is 49.2 cm³/mol. The topological polar surface area (TPSA) is 102 Å². The molecule has 0 rings (SSSR count). The van der Waals surface area contributed by atoms with Gasteiger partial charge in [0, 0.05) is 12.5 Å². The molecule has 0 spiro atoms. The Hall–Kier alpha value is -1.14. The highest BCUT2D eigenvalue weighted by Gasteiger charge is 2.03. The Balaban J connectivity index is 3.33. The second kappa shape index (κ2) is 7.28. The van der Waals surface area contributed by atoms with Crippen LogP contribution in [0.1, 0.15) is 26.2 Å². The van der Waals surface area contributed by atoms with Crippen LogP contribution in [0.25, 0.3) is 0 Å². The summed E-state index contributed by atoms with van der Waals surface area (Å²) in [6.45, 7) is 1.33. The third kappa shape index (κ3) is 8.95. The van der Waals surface area contributed by atoms with Gasteiger partial charge in [-0.25, -0.2) is 10.3 Å². The van der Waals surface area contributed by atoms with Crippen LogP contribution in [0.2, 0.25) is 0 Å². The quantitative estimate of drug-likeness (QED) is 0.491. The largest absolute Gasteiger partial charge is 0.479 e. The van der Waals surface area contributed by atoms with Crippen LogP contribution in [0, 0.1) is 0 Å². The number of carbonyl (C=O) groups is 2. The van der Waals surface area contributed by atoms with E-state index in [4.69, 9.17) is 10.8 Å². The number of amides is 1. The Morgan fingerprint density at radius 3 is 2.71 bits per heavy atom. The Bertz CT molecular complexity index is 194. The van der Waals surface area contributed by atoms with Crippen LogP contribution in [0.3, 0.4) is 0 Å². The molecule has 0 aliphatic heterocycles. The zero-order valence-electron chi connectivity index (χ0n) is 8.16. The maximum absolute atomic E-state index is 10.9. The number of hydrogen-bond acceptors (Lipinski definition) is 4. The molecule has 0 aromatic rings. The fourth-order valence-corrected chi connectivity index (χ4v) is 0.814. The van der Waals surface area contributed by atoms with Gasteiger partial charge in [-0.1, -0.05) is 0 Å². The lowest BCUT2D eigenvalue weighted by Gasteiger charge is -2.05. The lowest BCUT2D eigenvalue weighted by Crippen LogP contribution is -2.26. The summed E-state index contributed by atoms with van der Waals surface area (Å²) in [5.74, 6) is -1.45. The Labute approximate surface area is 82.4 Å². The number of rotatable bonds is 7. The first kappa shape index (κ1) is 12.9. The zero-order valence-corrected chi connectivity index (χ0v) is 8.16. The van der Waals surface area contributed by atoms with E-state index >= 15 is 0 Å². The highest BCUT2D eigenvalue weighted by atomic mass is 16.7. The molecule has 4 N–H and O–H groups in total. The van der Waals surface area contributed by atoms with Gasteiger partial charge in [-0.15, -0.1) is 0 Å². The molecular weight excluding hydrogens is 188 g/mol. The Morgan fingerprint density at radius 2 is 2.21 bits per heavy atom. The van der Waals surface area contributed by atoms with Crippen LogP contribution in [-0.2, 0) is 14.4 Å². The molecule has 0 saturated carbocycles. The fourth-order valence-electron chi connectivity index (χ4n) is 0.814. The molecule has 6 nitrogen and oxygen atoms in total. The summed E-state index contributed by atoms with van der Waals surface area (Å²) in [5.41, 5.74) is 7.50. The van der Waals surface area contributed by atoms with E-state index in [0.29, 0.717) is 12.8 Å². The smallest absolute Gasteiger partial charge is 0.332 e. The summed E-state index contributed by atoms with van der Waals surface area (Å²) in [7, 11) is 0. The molecule has 6 heteroatoms. The molecule has 14 heavy (non-hydrogen) atoms. The van der Waals surface area contributed by atoms with Crippen molar-refractivity contribution in [2.24, 2.45) is 5.73 Å². The van der Waals surface area contributed by atoms with Crippen molar-refractivity contribution in [3.8, 4) is 0 Å². The normalized spacial score (nSPS) is 12.1. The molecule has 82 valence electrons. The van der Waals surface area contributed by atoms with E-state index in [-0.39, 0.29) is 11.9 Å². The number of hydrogen-bond donors (Lipinski definition) is 3. The molecule has 0 aromatic carbocycles. The summed E-state index contributed by atoms with van der Waals surface area (Å²) in [4.78, 5) is 25.3. The molecular formula is C8H16N2O4.